The van der Waals surface area contributed by atoms with Gasteiger partial charge < -0.3 is 52.7 Å². The van der Waals surface area contributed by atoms with Crippen molar-refractivity contribution >= 4 is 70.2 Å². The molecule has 3 aromatic rings. The van der Waals surface area contributed by atoms with Gasteiger partial charge in [-0.2, -0.15) is 9.97 Å². The van der Waals surface area contributed by atoms with E-state index in [1.54, 1.807) is 0 Å². The molecule has 0 saturated heterocycles. The number of carbonyl (C=O) groups excluding carboxylic acids is 3. The number of anilines is 3. The quantitative estimate of drug-likeness (QED) is 0.0714. The second kappa shape index (κ2) is 17.6. The van der Waals surface area contributed by atoms with Gasteiger partial charge in [-0.3, -0.25) is 19.2 Å². The third-order valence-electron chi connectivity index (χ3n) is 6.77. The van der Waals surface area contributed by atoms with E-state index in [1.165, 1.54) is 0 Å². The summed E-state index contributed by atoms with van der Waals surface area (Å²) in [5.41, 5.74) is 9.45. The van der Waals surface area contributed by atoms with Gasteiger partial charge in [0.25, 0.3) is 5.91 Å². The van der Waals surface area contributed by atoms with Gasteiger partial charge in [0.2, 0.25) is 17.8 Å². The summed E-state index contributed by atoms with van der Waals surface area (Å²) in [5.74, 6) is -10.1. The molecule has 0 unspecified atom stereocenters. The van der Waals surface area contributed by atoms with Crippen LogP contribution in [0, 0.1) is 0 Å². The third kappa shape index (κ3) is 11.8. The predicted molar refractivity (Wildman–Crippen MR) is 176 cm³/mol. The molecule has 0 bridgehead atoms. The molecule has 11 N–H and O–H groups in total. The Balaban J connectivity index is 1.76. The number of hydrogen-bond donors (Lipinski definition) is 9. The molecule has 0 aliphatic rings. The Morgan fingerprint density at radius 3 is 1.82 bits per heavy atom. The Hall–Kier alpha value is -6.67. The number of nitrogen functional groups attached to an aromatic ring is 2. The van der Waals surface area contributed by atoms with Crippen LogP contribution in [0.25, 0.3) is 11.2 Å². The van der Waals surface area contributed by atoms with E-state index in [0.717, 1.165) is 6.20 Å². The van der Waals surface area contributed by atoms with Crippen molar-refractivity contribution in [3.05, 3.63) is 41.6 Å². The zero-order chi connectivity index (χ0) is 43.8. The summed E-state index contributed by atoms with van der Waals surface area (Å²) in [5, 5.41) is 43.2. The van der Waals surface area contributed by atoms with Crippen molar-refractivity contribution in [1.29, 1.82) is 0 Å². The molecule has 0 aliphatic carbocycles. The lowest BCUT2D eigenvalue weighted by atomic mass is 10.1. The van der Waals surface area contributed by atoms with Crippen molar-refractivity contribution in [2.24, 2.45) is 0 Å². The van der Waals surface area contributed by atoms with Crippen molar-refractivity contribution in [2.45, 2.75) is 63.2 Å². The Labute approximate surface area is 298 Å². The Bertz CT molecular complexity index is 2120. The second-order valence-corrected chi connectivity index (χ2v) is 10.6. The topological polar surface area (TPSA) is 343 Å². The van der Waals surface area contributed by atoms with Crippen molar-refractivity contribution < 1.29 is 63.6 Å². The van der Waals surface area contributed by atoms with E-state index in [-0.39, 0.29) is 28.6 Å². The Morgan fingerprint density at radius 2 is 1.31 bits per heavy atom. The summed E-state index contributed by atoms with van der Waals surface area (Å²) >= 11 is 0. The summed E-state index contributed by atoms with van der Waals surface area (Å²) in [7, 11) is 0. The first-order valence-corrected chi connectivity index (χ1v) is 14.6. The van der Waals surface area contributed by atoms with E-state index in [1.807, 2.05) is 10.6 Å². The van der Waals surface area contributed by atoms with E-state index < -0.39 is 147 Å². The maximum Gasteiger partial charge on any atom is 0.326 e. The van der Waals surface area contributed by atoms with Crippen molar-refractivity contribution in [3.8, 4) is 0 Å². The van der Waals surface area contributed by atoms with Gasteiger partial charge in [0, 0.05) is 41.6 Å². The zero-order valence-corrected chi connectivity index (χ0v) is 26.3. The highest BCUT2D eigenvalue weighted by Gasteiger charge is 2.26. The molecule has 21 heteroatoms. The third-order valence-corrected chi connectivity index (χ3v) is 6.77. The van der Waals surface area contributed by atoms with E-state index >= 15 is 0 Å². The first kappa shape index (κ1) is 29.3. The highest BCUT2D eigenvalue weighted by atomic mass is 16.4. The average Bonchev–Trinajstić information content (AvgIpc) is 3.11. The van der Waals surface area contributed by atoms with Crippen LogP contribution in [0.2, 0.25) is 0 Å². The summed E-state index contributed by atoms with van der Waals surface area (Å²) in [4.78, 5) is 100. The monoisotopic (exact) mass is 719 g/mol. The van der Waals surface area contributed by atoms with E-state index in [0.29, 0.717) is 4.90 Å². The number of hydrogen-bond acceptors (Lipinski definition) is 14. The van der Waals surface area contributed by atoms with Crippen molar-refractivity contribution in [3.63, 3.8) is 0 Å². The average molecular weight is 720 g/mol. The van der Waals surface area contributed by atoms with Crippen LogP contribution in [0.4, 0.5) is 17.5 Å². The van der Waals surface area contributed by atoms with Crippen LogP contribution in [0.1, 0.15) is 64.2 Å². The van der Waals surface area contributed by atoms with Gasteiger partial charge in [-0.25, -0.2) is 24.4 Å². The molecule has 51 heavy (non-hydrogen) atoms. The van der Waals surface area contributed by atoms with Gasteiger partial charge in [0.05, 0.1) is 23.9 Å². The predicted octanol–water partition coefficient (Wildman–Crippen LogP) is -1.03. The molecule has 0 aliphatic heterocycles. The molecule has 21 nitrogen and oxygen atoms in total. The molecule has 3 amide bonds. The lowest BCUT2D eigenvalue weighted by Gasteiger charge is -2.20. The number of rotatable bonds is 19. The van der Waals surface area contributed by atoms with E-state index in [2.05, 4.69) is 25.3 Å². The SMILES string of the molecule is [2H]c1c([2H])c(N(Cc2cnc3nc(N)nc(N)c3n2)C([2H])([2H])[2H])c([2H])c([2H])c1C(=O)N[C@@H](CCC(=O)N[C@@H](CCC(=O)N[C@@H](CCC(=O)O)C(=O)O)C(=O)O)C(=O)O. The summed E-state index contributed by atoms with van der Waals surface area (Å²) in [6.07, 6.45) is -2.57. The number of benzene rings is 1. The minimum Gasteiger partial charge on any atom is -0.481 e. The molecular weight excluding hydrogens is 676 g/mol. The van der Waals surface area contributed by atoms with Crippen LogP contribution >= 0.6 is 0 Å². The number of aromatic nitrogens is 4. The Kier molecular flexibility index (Phi) is 10.1. The number of carbonyl (C=O) groups is 7. The van der Waals surface area contributed by atoms with Gasteiger partial charge in [0.15, 0.2) is 17.0 Å². The van der Waals surface area contributed by atoms with Crippen LogP contribution in [0.5, 0.6) is 0 Å². The summed E-state index contributed by atoms with van der Waals surface area (Å²) in [6.45, 7) is -3.83. The fourth-order valence-corrected chi connectivity index (χ4v) is 4.21. The molecule has 0 radical (unpaired) electrons. The first-order valence-electron chi connectivity index (χ1n) is 18.1. The molecule has 1 aromatic carbocycles. The number of nitrogens with zero attached hydrogens (tertiary/aromatic N) is 5. The van der Waals surface area contributed by atoms with Gasteiger partial charge in [-0.05, 0) is 43.4 Å². The molecule has 3 atom stereocenters. The number of amides is 3. The maximum atomic E-state index is 13.3. The Morgan fingerprint density at radius 1 is 0.784 bits per heavy atom. The lowest BCUT2D eigenvalue weighted by molar-refractivity contribution is -0.144. The standard InChI is InChI=1S/C30H36N10O11/c1-40(13-15-12-33-25-23(34-15)24(31)38-30(32)39-25)16-4-2-14(3-5-16)26(45)37-19(29(50)51)7-10-21(42)35-17(27(46)47)6-9-20(41)36-18(28(48)49)8-11-22(43)44/h2-5,12,17-19H,6-11,13H2,1H3,(H,35,42)(H,36,41)(H,37,45)(H,43,44)(H,46,47)(H,48,49)(H,50,51)(H4,31,32,33,38,39)/t17-,18-,19-/m0/s1/i1D3,2D,3D,4D,5D. The number of carboxylic acid groups (broad SMARTS) is 4. The second-order valence-electron chi connectivity index (χ2n) is 10.6. The van der Waals surface area contributed by atoms with E-state index in [4.69, 9.17) is 26.2 Å². The van der Waals surface area contributed by atoms with Crippen LogP contribution in [-0.2, 0) is 35.3 Å². The maximum absolute atomic E-state index is 13.3. The zero-order valence-electron chi connectivity index (χ0n) is 33.3. The highest BCUT2D eigenvalue weighted by Crippen LogP contribution is 2.19. The smallest absolute Gasteiger partial charge is 0.326 e. The van der Waals surface area contributed by atoms with Crippen molar-refractivity contribution in [2.75, 3.05) is 23.3 Å². The number of nitrogens with two attached hydrogens (primary N) is 2. The summed E-state index contributed by atoms with van der Waals surface area (Å²) < 4.78 is 58.2. The number of carboxylic acids is 4. The fraction of sp³-hybridized carbons (Fsp3) is 0.367. The van der Waals surface area contributed by atoms with Crippen LogP contribution in [0.15, 0.2) is 30.4 Å². The molecule has 2 aromatic heterocycles. The molecule has 2 heterocycles. The normalized spacial score (nSPS) is 14.8. The summed E-state index contributed by atoms with van der Waals surface area (Å²) in [6, 6.07) is -9.38. The molecule has 0 fully saturated rings. The van der Waals surface area contributed by atoms with Crippen LogP contribution in [-0.4, -0.2) is 107 Å². The number of fused-ring (bicyclic) bond motifs is 1. The van der Waals surface area contributed by atoms with Crippen LogP contribution < -0.4 is 32.3 Å². The van der Waals surface area contributed by atoms with Gasteiger partial charge in [-0.1, -0.05) is 0 Å². The van der Waals surface area contributed by atoms with Crippen LogP contribution in [0.3, 0.4) is 0 Å². The highest BCUT2D eigenvalue weighted by molar-refractivity contribution is 5.97. The first-order chi connectivity index (χ1) is 26.9. The molecule has 0 spiro atoms. The largest absolute Gasteiger partial charge is 0.481 e. The molecule has 3 rings (SSSR count). The van der Waals surface area contributed by atoms with E-state index in [9.17, 15) is 48.9 Å². The lowest BCUT2D eigenvalue weighted by Crippen LogP contribution is -2.45. The van der Waals surface area contributed by atoms with Gasteiger partial charge >= 0.3 is 23.9 Å². The minimum absolute atomic E-state index is 0.0256. The molecule has 0 saturated carbocycles. The number of nitrogens with one attached hydrogen (secondary N) is 3. The fourth-order valence-electron chi connectivity index (χ4n) is 4.21. The molecular formula is C30H36N10O11. The van der Waals surface area contributed by atoms with Gasteiger partial charge in [-0.15, -0.1) is 0 Å². The van der Waals surface area contributed by atoms with Crippen molar-refractivity contribution in [1.82, 2.24) is 35.9 Å². The number of aliphatic carboxylic acids is 4. The van der Waals surface area contributed by atoms with Gasteiger partial charge in [0.1, 0.15) is 18.1 Å². The minimum atomic E-state index is -3.14. The molecule has 272 valence electrons.